The molecule has 0 bridgehead atoms. The Morgan fingerprint density at radius 2 is 2.11 bits per heavy atom. The molecule has 0 saturated carbocycles. The van der Waals surface area contributed by atoms with Crippen molar-refractivity contribution in [3.8, 4) is 0 Å². The molecule has 5 heteroatoms. The average Bonchev–Trinajstić information content (AvgIpc) is 2.75. The van der Waals surface area contributed by atoms with E-state index >= 15 is 0 Å². The predicted octanol–water partition coefficient (Wildman–Crippen LogP) is 1.97. The van der Waals surface area contributed by atoms with Gasteiger partial charge in [0.05, 0.1) is 6.54 Å². The van der Waals surface area contributed by atoms with E-state index in [1.165, 1.54) is 0 Å². The molecule has 1 saturated heterocycles. The largest absolute Gasteiger partial charge is 0.464 e. The van der Waals surface area contributed by atoms with E-state index in [9.17, 15) is 4.79 Å². The molecular weight excluding hydrogens is 252 g/mol. The minimum Gasteiger partial charge on any atom is -0.464 e. The van der Waals surface area contributed by atoms with Crippen LogP contribution in [0.2, 0.25) is 0 Å². The number of hydrogen-bond donors (Lipinski definition) is 1. The molecule has 1 aromatic rings. The molecule has 0 aliphatic carbocycles. The van der Waals surface area contributed by atoms with Crippen molar-refractivity contribution in [1.29, 1.82) is 0 Å². The minimum atomic E-state index is 0. The monoisotopic (exact) mass is 272 g/mol. The molecule has 1 amide bonds. The van der Waals surface area contributed by atoms with Gasteiger partial charge < -0.3 is 14.6 Å². The molecule has 1 fully saturated rings. The van der Waals surface area contributed by atoms with E-state index in [-0.39, 0.29) is 24.2 Å². The molecule has 0 atom stereocenters. The molecule has 2 rings (SSSR count). The molecule has 1 aliphatic heterocycles. The maximum absolute atomic E-state index is 12.2. The van der Waals surface area contributed by atoms with Crippen molar-refractivity contribution in [2.24, 2.45) is 5.92 Å². The highest BCUT2D eigenvalue weighted by Crippen LogP contribution is 2.16. The first kappa shape index (κ1) is 15.1. The van der Waals surface area contributed by atoms with Gasteiger partial charge in [-0.15, -0.1) is 12.4 Å². The first-order valence-electron chi connectivity index (χ1n) is 6.18. The predicted molar refractivity (Wildman–Crippen MR) is 72.8 cm³/mol. The Hall–Kier alpha value is -1.00. The second kappa shape index (κ2) is 6.81. The van der Waals surface area contributed by atoms with Gasteiger partial charge in [-0.25, -0.2) is 0 Å². The van der Waals surface area contributed by atoms with E-state index in [0.717, 1.165) is 37.5 Å². The van der Waals surface area contributed by atoms with Gasteiger partial charge in [0.1, 0.15) is 11.5 Å². The zero-order valence-corrected chi connectivity index (χ0v) is 11.8. The lowest BCUT2D eigenvalue weighted by Crippen LogP contribution is -2.38. The van der Waals surface area contributed by atoms with E-state index in [1.807, 2.05) is 26.1 Å². The fourth-order valence-electron chi connectivity index (χ4n) is 2.26. The van der Waals surface area contributed by atoms with Crippen LogP contribution in [-0.2, 0) is 11.3 Å². The van der Waals surface area contributed by atoms with Crippen molar-refractivity contribution in [1.82, 2.24) is 10.2 Å². The first-order valence-corrected chi connectivity index (χ1v) is 6.18. The number of carbonyl (C=O) groups excluding carboxylic acids is 1. The van der Waals surface area contributed by atoms with Gasteiger partial charge >= 0.3 is 0 Å². The van der Waals surface area contributed by atoms with Crippen LogP contribution >= 0.6 is 12.4 Å². The van der Waals surface area contributed by atoms with Crippen molar-refractivity contribution in [2.75, 3.05) is 20.1 Å². The van der Waals surface area contributed by atoms with Crippen LogP contribution in [0.4, 0.5) is 0 Å². The molecule has 2 heterocycles. The van der Waals surface area contributed by atoms with Crippen LogP contribution in [0, 0.1) is 12.8 Å². The summed E-state index contributed by atoms with van der Waals surface area (Å²) < 4.78 is 5.49. The Morgan fingerprint density at radius 3 is 2.67 bits per heavy atom. The quantitative estimate of drug-likeness (QED) is 0.915. The van der Waals surface area contributed by atoms with Crippen LogP contribution in [0.1, 0.15) is 24.4 Å². The smallest absolute Gasteiger partial charge is 0.225 e. The highest BCUT2D eigenvalue weighted by atomic mass is 35.5. The summed E-state index contributed by atoms with van der Waals surface area (Å²) in [6, 6.07) is 3.86. The molecular formula is C13H21ClN2O2. The normalized spacial score (nSPS) is 16.1. The molecule has 0 spiro atoms. The number of piperidine rings is 1. The molecule has 18 heavy (non-hydrogen) atoms. The van der Waals surface area contributed by atoms with Crippen LogP contribution in [0.15, 0.2) is 16.5 Å². The number of aryl methyl sites for hydroxylation is 1. The number of amides is 1. The maximum atomic E-state index is 12.2. The summed E-state index contributed by atoms with van der Waals surface area (Å²) in [5.41, 5.74) is 0. The lowest BCUT2D eigenvalue weighted by molar-refractivity contribution is -0.135. The van der Waals surface area contributed by atoms with Crippen molar-refractivity contribution in [3.05, 3.63) is 23.7 Å². The SMILES string of the molecule is Cc1ccc(CN(C)C(=O)C2CCNCC2)o1.Cl. The van der Waals surface area contributed by atoms with Crippen molar-refractivity contribution < 1.29 is 9.21 Å². The summed E-state index contributed by atoms with van der Waals surface area (Å²) in [5.74, 6) is 2.16. The van der Waals surface area contributed by atoms with Gasteiger partial charge in [0.2, 0.25) is 5.91 Å². The van der Waals surface area contributed by atoms with Crippen LogP contribution in [0.3, 0.4) is 0 Å². The van der Waals surface area contributed by atoms with Gasteiger partial charge in [-0.05, 0) is 45.0 Å². The molecule has 1 aromatic heterocycles. The lowest BCUT2D eigenvalue weighted by atomic mass is 9.97. The number of hydrogen-bond acceptors (Lipinski definition) is 3. The van der Waals surface area contributed by atoms with Crippen LogP contribution in [0.5, 0.6) is 0 Å². The first-order chi connectivity index (χ1) is 8.16. The molecule has 1 N–H and O–H groups in total. The van der Waals surface area contributed by atoms with Crippen LogP contribution < -0.4 is 5.32 Å². The molecule has 4 nitrogen and oxygen atoms in total. The Labute approximate surface area is 114 Å². The zero-order valence-electron chi connectivity index (χ0n) is 10.9. The number of nitrogens with one attached hydrogen (secondary N) is 1. The topological polar surface area (TPSA) is 45.5 Å². The Kier molecular flexibility index (Phi) is 5.69. The van der Waals surface area contributed by atoms with Crippen molar-refractivity contribution in [3.63, 3.8) is 0 Å². The van der Waals surface area contributed by atoms with Gasteiger partial charge in [-0.1, -0.05) is 0 Å². The van der Waals surface area contributed by atoms with E-state index < -0.39 is 0 Å². The molecule has 0 aromatic carbocycles. The standard InChI is InChI=1S/C13H20N2O2.ClH/c1-10-3-4-12(17-10)9-15(2)13(16)11-5-7-14-8-6-11;/h3-4,11,14H,5-9H2,1-2H3;1H. The third kappa shape index (κ3) is 3.75. The number of rotatable bonds is 3. The second-order valence-electron chi connectivity index (χ2n) is 4.73. The number of nitrogens with zero attached hydrogens (tertiary/aromatic N) is 1. The second-order valence-corrected chi connectivity index (χ2v) is 4.73. The Morgan fingerprint density at radius 1 is 1.44 bits per heavy atom. The summed E-state index contributed by atoms with van der Waals surface area (Å²) in [6.45, 7) is 4.38. The van der Waals surface area contributed by atoms with Crippen molar-refractivity contribution >= 4 is 18.3 Å². The van der Waals surface area contributed by atoms with Crippen LogP contribution in [-0.4, -0.2) is 30.9 Å². The van der Waals surface area contributed by atoms with Gasteiger partial charge in [0.15, 0.2) is 0 Å². The minimum absolute atomic E-state index is 0. The van der Waals surface area contributed by atoms with E-state index in [1.54, 1.807) is 4.90 Å². The van der Waals surface area contributed by atoms with E-state index in [4.69, 9.17) is 4.42 Å². The zero-order chi connectivity index (χ0) is 12.3. The van der Waals surface area contributed by atoms with E-state index in [2.05, 4.69) is 5.32 Å². The van der Waals surface area contributed by atoms with Gasteiger partial charge in [0.25, 0.3) is 0 Å². The summed E-state index contributed by atoms with van der Waals surface area (Å²) in [7, 11) is 1.85. The fourth-order valence-corrected chi connectivity index (χ4v) is 2.26. The molecule has 0 unspecified atom stereocenters. The average molecular weight is 273 g/mol. The fraction of sp³-hybridized carbons (Fsp3) is 0.615. The number of furan rings is 1. The molecule has 102 valence electrons. The third-order valence-electron chi connectivity index (χ3n) is 3.25. The summed E-state index contributed by atoms with van der Waals surface area (Å²) >= 11 is 0. The van der Waals surface area contributed by atoms with Gasteiger partial charge in [0, 0.05) is 13.0 Å². The highest BCUT2D eigenvalue weighted by Gasteiger charge is 2.24. The van der Waals surface area contributed by atoms with Gasteiger partial charge in [-0.3, -0.25) is 4.79 Å². The van der Waals surface area contributed by atoms with Gasteiger partial charge in [-0.2, -0.15) is 0 Å². The summed E-state index contributed by atoms with van der Waals surface area (Å²) in [5, 5.41) is 3.27. The third-order valence-corrected chi connectivity index (χ3v) is 3.25. The highest BCUT2D eigenvalue weighted by molar-refractivity contribution is 5.85. The summed E-state index contributed by atoms with van der Waals surface area (Å²) in [4.78, 5) is 13.9. The summed E-state index contributed by atoms with van der Waals surface area (Å²) in [6.07, 6.45) is 1.89. The molecule has 0 radical (unpaired) electrons. The van der Waals surface area contributed by atoms with E-state index in [0.29, 0.717) is 6.54 Å². The maximum Gasteiger partial charge on any atom is 0.225 e. The van der Waals surface area contributed by atoms with Crippen molar-refractivity contribution in [2.45, 2.75) is 26.3 Å². The Balaban J connectivity index is 0.00000162. The van der Waals surface area contributed by atoms with Crippen LogP contribution in [0.25, 0.3) is 0 Å². The number of halogens is 1. The molecule has 1 aliphatic rings. The number of carbonyl (C=O) groups is 1. The lowest BCUT2D eigenvalue weighted by Gasteiger charge is -2.26. The Bertz CT molecular complexity index is 386.